The van der Waals surface area contributed by atoms with Crippen LogP contribution >= 0.6 is 11.3 Å². The molecule has 5 N–H and O–H groups in total. The second-order valence-corrected chi connectivity index (χ2v) is 7.63. The smallest absolute Gasteiger partial charge is 0.260 e. The lowest BCUT2D eigenvalue weighted by Gasteiger charge is -2.11. The third-order valence-corrected chi connectivity index (χ3v) is 5.82. The molecule has 3 heterocycles. The number of anilines is 2. The first-order valence-corrected chi connectivity index (χ1v) is 10.0. The normalized spacial score (nSPS) is 11.1. The van der Waals surface area contributed by atoms with E-state index in [0.717, 1.165) is 23.1 Å². The van der Waals surface area contributed by atoms with Crippen molar-refractivity contribution in [1.29, 1.82) is 5.26 Å². The second-order valence-electron chi connectivity index (χ2n) is 6.63. The number of nitrogens with zero attached hydrogens (tertiary/aromatic N) is 2. The molecule has 0 saturated carbocycles. The van der Waals surface area contributed by atoms with E-state index in [1.165, 1.54) is 0 Å². The van der Waals surface area contributed by atoms with Gasteiger partial charge in [0.1, 0.15) is 38.5 Å². The third-order valence-electron chi connectivity index (χ3n) is 4.70. The molecule has 0 atom stereocenters. The summed E-state index contributed by atoms with van der Waals surface area (Å²) in [4.78, 5) is 17.1. The summed E-state index contributed by atoms with van der Waals surface area (Å²) < 4.78 is 11.1. The maximum atomic E-state index is 11.9. The Kier molecular flexibility index (Phi) is 5.27. The van der Waals surface area contributed by atoms with Crippen LogP contribution in [0.5, 0.6) is 0 Å². The number of ether oxygens (including phenoxy) is 1. The molecular formula is C21H19N5O3S. The molecule has 8 nitrogen and oxygen atoms in total. The number of amides is 1. The molecule has 4 rings (SSSR count). The summed E-state index contributed by atoms with van der Waals surface area (Å²) in [5.74, 6) is 0.230. The number of methoxy groups -OCH3 is 1. The summed E-state index contributed by atoms with van der Waals surface area (Å²) in [6, 6.07) is 11.6. The van der Waals surface area contributed by atoms with Gasteiger partial charge in [0.25, 0.3) is 5.91 Å². The van der Waals surface area contributed by atoms with E-state index in [1.54, 1.807) is 7.11 Å². The molecule has 152 valence electrons. The predicted octanol–water partition coefficient (Wildman–Crippen LogP) is 3.71. The summed E-state index contributed by atoms with van der Waals surface area (Å²) in [7, 11) is 1.63. The topological polar surface area (TPSA) is 140 Å². The van der Waals surface area contributed by atoms with Gasteiger partial charge in [0.15, 0.2) is 0 Å². The number of rotatable bonds is 7. The SMILES string of the molecule is COCCCNc1nc2sc(C(N)=O)c(N)c2c(-c2cc3ccccc3o2)c1C#N. The van der Waals surface area contributed by atoms with Crippen LogP contribution in [-0.4, -0.2) is 31.2 Å². The first-order chi connectivity index (χ1) is 14.5. The molecule has 0 radical (unpaired) electrons. The van der Waals surface area contributed by atoms with Gasteiger partial charge in [-0.1, -0.05) is 18.2 Å². The summed E-state index contributed by atoms with van der Waals surface area (Å²) in [6.07, 6.45) is 0.736. The van der Waals surface area contributed by atoms with Crippen LogP contribution in [0.1, 0.15) is 21.7 Å². The zero-order valence-electron chi connectivity index (χ0n) is 16.2. The van der Waals surface area contributed by atoms with Gasteiger partial charge in [-0.2, -0.15) is 5.26 Å². The van der Waals surface area contributed by atoms with Crippen LogP contribution in [0.2, 0.25) is 0 Å². The fraction of sp³-hybridized carbons (Fsp3) is 0.190. The van der Waals surface area contributed by atoms with Crippen LogP contribution in [-0.2, 0) is 4.74 Å². The Morgan fingerprint density at radius 1 is 1.40 bits per heavy atom. The van der Waals surface area contributed by atoms with E-state index in [4.69, 9.17) is 20.6 Å². The summed E-state index contributed by atoms with van der Waals surface area (Å²) in [6.45, 7) is 1.13. The Morgan fingerprint density at radius 3 is 2.90 bits per heavy atom. The van der Waals surface area contributed by atoms with Gasteiger partial charge >= 0.3 is 0 Å². The fourth-order valence-corrected chi connectivity index (χ4v) is 4.30. The number of nitrogen functional groups attached to an aromatic ring is 1. The van der Waals surface area contributed by atoms with Crippen LogP contribution in [0.3, 0.4) is 0 Å². The molecular weight excluding hydrogens is 402 g/mol. The van der Waals surface area contributed by atoms with Gasteiger partial charge < -0.3 is 25.9 Å². The van der Waals surface area contributed by atoms with Crippen molar-refractivity contribution in [2.75, 3.05) is 31.3 Å². The van der Waals surface area contributed by atoms with E-state index in [2.05, 4.69) is 16.4 Å². The molecule has 0 aliphatic rings. The fourth-order valence-electron chi connectivity index (χ4n) is 3.35. The molecule has 4 aromatic rings. The first-order valence-electron chi connectivity index (χ1n) is 9.22. The summed E-state index contributed by atoms with van der Waals surface area (Å²) in [5, 5.41) is 14.5. The third kappa shape index (κ3) is 3.32. The Bertz CT molecular complexity index is 1270. The minimum Gasteiger partial charge on any atom is -0.456 e. The van der Waals surface area contributed by atoms with Crippen molar-refractivity contribution in [1.82, 2.24) is 4.98 Å². The number of para-hydroxylation sites is 1. The van der Waals surface area contributed by atoms with Crippen molar-refractivity contribution >= 4 is 49.9 Å². The van der Waals surface area contributed by atoms with E-state index in [-0.39, 0.29) is 10.6 Å². The number of nitrogens with two attached hydrogens (primary N) is 2. The van der Waals surface area contributed by atoms with Crippen LogP contribution in [0.15, 0.2) is 34.7 Å². The van der Waals surface area contributed by atoms with Gasteiger partial charge in [-0.3, -0.25) is 4.79 Å². The van der Waals surface area contributed by atoms with Crippen molar-refractivity contribution in [3.8, 4) is 17.4 Å². The zero-order chi connectivity index (χ0) is 21.3. The monoisotopic (exact) mass is 421 g/mol. The van der Waals surface area contributed by atoms with Crippen molar-refractivity contribution in [3.05, 3.63) is 40.8 Å². The Hall–Kier alpha value is -3.61. The molecule has 3 aromatic heterocycles. The van der Waals surface area contributed by atoms with Crippen LogP contribution in [0, 0.1) is 11.3 Å². The number of benzene rings is 1. The molecule has 0 aliphatic heterocycles. The van der Waals surface area contributed by atoms with Crippen molar-refractivity contribution in [2.45, 2.75) is 6.42 Å². The number of carbonyl (C=O) groups excluding carboxylic acids is 1. The summed E-state index contributed by atoms with van der Waals surface area (Å²) in [5.41, 5.74) is 13.4. The van der Waals surface area contributed by atoms with Crippen LogP contribution < -0.4 is 16.8 Å². The number of fused-ring (bicyclic) bond motifs is 2. The highest BCUT2D eigenvalue weighted by atomic mass is 32.1. The molecule has 0 fully saturated rings. The largest absolute Gasteiger partial charge is 0.456 e. The molecule has 0 saturated heterocycles. The van der Waals surface area contributed by atoms with Crippen molar-refractivity contribution in [2.24, 2.45) is 5.73 Å². The number of carbonyl (C=O) groups is 1. The standard InChI is InChI=1S/C21H19N5O3S/c1-28-8-4-7-25-20-12(10-22)15(14-9-11-5-2-3-6-13(11)29-14)16-17(23)18(19(24)27)30-21(16)26-20/h2-3,5-6,9H,4,7-8,23H2,1H3,(H2,24,27)(H,25,26). The quantitative estimate of drug-likeness (QED) is 0.386. The maximum Gasteiger partial charge on any atom is 0.260 e. The molecule has 0 bridgehead atoms. The molecule has 0 spiro atoms. The average molecular weight is 421 g/mol. The highest BCUT2D eigenvalue weighted by molar-refractivity contribution is 7.21. The number of hydrogen-bond donors (Lipinski definition) is 3. The first kappa shape index (κ1) is 19.7. The van der Waals surface area contributed by atoms with E-state index in [0.29, 0.717) is 51.7 Å². The lowest BCUT2D eigenvalue weighted by atomic mass is 10.0. The van der Waals surface area contributed by atoms with E-state index < -0.39 is 5.91 Å². The van der Waals surface area contributed by atoms with Gasteiger partial charge in [0.05, 0.1) is 11.3 Å². The number of furan rings is 1. The van der Waals surface area contributed by atoms with Gasteiger partial charge in [0, 0.05) is 31.0 Å². The number of primary amides is 1. The predicted molar refractivity (Wildman–Crippen MR) is 117 cm³/mol. The molecule has 1 aromatic carbocycles. The summed E-state index contributed by atoms with van der Waals surface area (Å²) >= 11 is 1.10. The van der Waals surface area contributed by atoms with E-state index in [1.807, 2.05) is 30.3 Å². The number of nitrogens with one attached hydrogen (secondary N) is 1. The Morgan fingerprint density at radius 2 is 2.20 bits per heavy atom. The number of pyridine rings is 1. The Balaban J connectivity index is 1.98. The molecule has 0 aliphatic carbocycles. The molecule has 1 amide bonds. The number of hydrogen-bond acceptors (Lipinski definition) is 8. The highest BCUT2D eigenvalue weighted by Crippen LogP contribution is 2.44. The molecule has 0 unspecified atom stereocenters. The minimum atomic E-state index is -0.640. The van der Waals surface area contributed by atoms with E-state index >= 15 is 0 Å². The van der Waals surface area contributed by atoms with Crippen LogP contribution in [0.4, 0.5) is 11.5 Å². The van der Waals surface area contributed by atoms with Gasteiger partial charge in [-0.15, -0.1) is 11.3 Å². The van der Waals surface area contributed by atoms with Crippen LogP contribution in [0.25, 0.3) is 32.5 Å². The van der Waals surface area contributed by atoms with Crippen molar-refractivity contribution < 1.29 is 13.9 Å². The molecule has 30 heavy (non-hydrogen) atoms. The number of aromatic nitrogens is 1. The maximum absolute atomic E-state index is 11.9. The Labute approximate surface area is 176 Å². The number of thiophene rings is 1. The second kappa shape index (κ2) is 8.02. The average Bonchev–Trinajstić information content (AvgIpc) is 3.31. The number of nitriles is 1. The molecule has 9 heteroatoms. The van der Waals surface area contributed by atoms with E-state index in [9.17, 15) is 10.1 Å². The lowest BCUT2D eigenvalue weighted by molar-refractivity contribution is 0.100. The van der Waals surface area contributed by atoms with Gasteiger partial charge in [-0.05, 0) is 18.6 Å². The zero-order valence-corrected chi connectivity index (χ0v) is 17.0. The lowest BCUT2D eigenvalue weighted by Crippen LogP contribution is -2.10. The minimum absolute atomic E-state index is 0.202. The van der Waals surface area contributed by atoms with Gasteiger partial charge in [-0.25, -0.2) is 4.98 Å². The van der Waals surface area contributed by atoms with Gasteiger partial charge in [0.2, 0.25) is 0 Å². The van der Waals surface area contributed by atoms with Crippen molar-refractivity contribution in [3.63, 3.8) is 0 Å². The highest BCUT2D eigenvalue weighted by Gasteiger charge is 2.25.